The third-order valence-corrected chi connectivity index (χ3v) is 2.67. The quantitative estimate of drug-likeness (QED) is 0.857. The van der Waals surface area contributed by atoms with Crippen molar-refractivity contribution in [1.29, 1.82) is 0 Å². The summed E-state index contributed by atoms with van der Waals surface area (Å²) >= 11 is 1.66. The van der Waals surface area contributed by atoms with Crippen molar-refractivity contribution in [2.24, 2.45) is 0 Å². The third kappa shape index (κ3) is 2.76. The van der Waals surface area contributed by atoms with Gasteiger partial charge in [-0.25, -0.2) is 4.98 Å². The molecule has 80 valence electrons. The minimum absolute atomic E-state index is 0.472. The molecule has 15 heavy (non-hydrogen) atoms. The van der Waals surface area contributed by atoms with Gasteiger partial charge in [-0.15, -0.1) is 11.3 Å². The maximum Gasteiger partial charge on any atom is 0.321 e. The lowest BCUT2D eigenvalue weighted by Crippen LogP contribution is -2.05. The molecule has 0 fully saturated rings. The van der Waals surface area contributed by atoms with Gasteiger partial charge in [-0.1, -0.05) is 5.16 Å². The number of aromatic nitrogens is 3. The van der Waals surface area contributed by atoms with Crippen LogP contribution in [0.4, 0.5) is 6.01 Å². The van der Waals surface area contributed by atoms with Gasteiger partial charge in [-0.05, 0) is 13.8 Å². The molecule has 0 unspecified atom stereocenters. The second kappa shape index (κ2) is 4.39. The van der Waals surface area contributed by atoms with Crippen LogP contribution >= 0.6 is 11.3 Å². The van der Waals surface area contributed by atoms with E-state index in [1.165, 1.54) is 0 Å². The first-order chi connectivity index (χ1) is 7.24. The summed E-state index contributed by atoms with van der Waals surface area (Å²) < 4.78 is 4.92. The van der Waals surface area contributed by atoms with E-state index in [9.17, 15) is 0 Å². The highest BCUT2D eigenvalue weighted by Crippen LogP contribution is 2.09. The van der Waals surface area contributed by atoms with Crippen LogP contribution in [0.15, 0.2) is 9.90 Å². The SMILES string of the molecule is Cc1noc(NCCc2csc(C)n2)n1. The molecule has 2 aromatic rings. The van der Waals surface area contributed by atoms with Gasteiger partial charge in [0.1, 0.15) is 0 Å². The predicted octanol–water partition coefficient (Wildman–Crippen LogP) is 1.80. The highest BCUT2D eigenvalue weighted by molar-refractivity contribution is 7.09. The fourth-order valence-corrected chi connectivity index (χ4v) is 1.84. The molecule has 0 bridgehead atoms. The molecule has 0 saturated heterocycles. The van der Waals surface area contributed by atoms with Gasteiger partial charge >= 0.3 is 6.01 Å². The van der Waals surface area contributed by atoms with Crippen molar-refractivity contribution in [3.63, 3.8) is 0 Å². The molecule has 0 aliphatic heterocycles. The molecule has 0 atom stereocenters. The summed E-state index contributed by atoms with van der Waals surface area (Å²) in [6.45, 7) is 4.55. The molecule has 6 heteroatoms. The fraction of sp³-hybridized carbons (Fsp3) is 0.444. The fourth-order valence-electron chi connectivity index (χ4n) is 1.19. The molecule has 0 amide bonds. The lowest BCUT2D eigenvalue weighted by Gasteiger charge is -1.97. The van der Waals surface area contributed by atoms with E-state index < -0.39 is 0 Å². The van der Waals surface area contributed by atoms with Gasteiger partial charge < -0.3 is 9.84 Å². The molecule has 0 spiro atoms. The van der Waals surface area contributed by atoms with Crippen molar-refractivity contribution < 1.29 is 4.52 Å². The van der Waals surface area contributed by atoms with Crippen LogP contribution in [0.2, 0.25) is 0 Å². The monoisotopic (exact) mass is 224 g/mol. The van der Waals surface area contributed by atoms with Gasteiger partial charge in [0.05, 0.1) is 10.7 Å². The maximum atomic E-state index is 4.92. The van der Waals surface area contributed by atoms with E-state index >= 15 is 0 Å². The van der Waals surface area contributed by atoms with Crippen LogP contribution in [-0.2, 0) is 6.42 Å². The predicted molar refractivity (Wildman–Crippen MR) is 58.1 cm³/mol. The summed E-state index contributed by atoms with van der Waals surface area (Å²) in [6.07, 6.45) is 0.867. The summed E-state index contributed by atoms with van der Waals surface area (Å²) in [5.41, 5.74) is 1.10. The Balaban J connectivity index is 1.80. The Morgan fingerprint density at radius 2 is 2.27 bits per heavy atom. The lowest BCUT2D eigenvalue weighted by molar-refractivity contribution is 0.425. The summed E-state index contributed by atoms with van der Waals surface area (Å²) in [5.74, 6) is 0.641. The Morgan fingerprint density at radius 1 is 1.40 bits per heavy atom. The molecular formula is C9H12N4OS. The first-order valence-corrected chi connectivity index (χ1v) is 5.57. The number of hydrogen-bond donors (Lipinski definition) is 1. The van der Waals surface area contributed by atoms with Gasteiger partial charge in [0.25, 0.3) is 0 Å². The Kier molecular flexibility index (Phi) is 2.96. The second-order valence-corrected chi connectivity index (χ2v) is 4.24. The van der Waals surface area contributed by atoms with Crippen molar-refractivity contribution in [3.8, 4) is 0 Å². The zero-order chi connectivity index (χ0) is 10.7. The minimum atomic E-state index is 0.472. The van der Waals surface area contributed by atoms with Gasteiger partial charge in [0, 0.05) is 18.3 Å². The second-order valence-electron chi connectivity index (χ2n) is 3.18. The Bertz CT molecular complexity index is 397. The van der Waals surface area contributed by atoms with Crippen LogP contribution in [0.5, 0.6) is 0 Å². The normalized spacial score (nSPS) is 10.5. The molecule has 1 N–H and O–H groups in total. The highest BCUT2D eigenvalue weighted by atomic mass is 32.1. The smallest absolute Gasteiger partial charge is 0.321 e. The van der Waals surface area contributed by atoms with Crippen molar-refractivity contribution in [2.45, 2.75) is 20.3 Å². The Morgan fingerprint density at radius 3 is 2.87 bits per heavy atom. The maximum absolute atomic E-state index is 4.92. The summed E-state index contributed by atoms with van der Waals surface area (Å²) in [7, 11) is 0. The first-order valence-electron chi connectivity index (χ1n) is 4.69. The number of thiazole rings is 1. The van der Waals surface area contributed by atoms with Gasteiger partial charge in [-0.2, -0.15) is 4.98 Å². The van der Waals surface area contributed by atoms with E-state index in [0.29, 0.717) is 11.8 Å². The molecule has 0 aliphatic rings. The van der Waals surface area contributed by atoms with E-state index in [4.69, 9.17) is 4.52 Å². The molecule has 2 heterocycles. The zero-order valence-electron chi connectivity index (χ0n) is 8.65. The molecule has 0 radical (unpaired) electrons. The van der Waals surface area contributed by atoms with Crippen molar-refractivity contribution >= 4 is 17.4 Å². The average Bonchev–Trinajstić information content (AvgIpc) is 2.76. The average molecular weight is 224 g/mol. The lowest BCUT2D eigenvalue weighted by atomic mass is 10.3. The van der Waals surface area contributed by atoms with Crippen LogP contribution < -0.4 is 5.32 Å². The number of rotatable bonds is 4. The topological polar surface area (TPSA) is 63.8 Å². The number of anilines is 1. The summed E-state index contributed by atoms with van der Waals surface area (Å²) in [6, 6.07) is 0.472. The highest BCUT2D eigenvalue weighted by Gasteiger charge is 2.02. The molecule has 0 aromatic carbocycles. The van der Waals surface area contributed by atoms with Gasteiger partial charge in [-0.3, -0.25) is 0 Å². The molecular weight excluding hydrogens is 212 g/mol. The third-order valence-electron chi connectivity index (χ3n) is 1.85. The number of hydrogen-bond acceptors (Lipinski definition) is 6. The van der Waals surface area contributed by atoms with E-state index in [2.05, 4.69) is 25.8 Å². The number of nitrogens with one attached hydrogen (secondary N) is 1. The van der Waals surface area contributed by atoms with Crippen LogP contribution in [-0.4, -0.2) is 21.7 Å². The van der Waals surface area contributed by atoms with E-state index in [1.54, 1.807) is 18.3 Å². The molecule has 2 rings (SSSR count). The molecule has 2 aromatic heterocycles. The van der Waals surface area contributed by atoms with E-state index in [-0.39, 0.29) is 0 Å². The van der Waals surface area contributed by atoms with E-state index in [0.717, 1.165) is 23.7 Å². The van der Waals surface area contributed by atoms with Gasteiger partial charge in [0.2, 0.25) is 0 Å². The van der Waals surface area contributed by atoms with Crippen molar-refractivity contribution in [1.82, 2.24) is 15.1 Å². The van der Waals surface area contributed by atoms with Crippen molar-refractivity contribution in [2.75, 3.05) is 11.9 Å². The van der Waals surface area contributed by atoms with Crippen LogP contribution in [0.1, 0.15) is 16.5 Å². The summed E-state index contributed by atoms with van der Waals surface area (Å²) in [4.78, 5) is 8.40. The number of nitrogens with zero attached hydrogens (tertiary/aromatic N) is 3. The van der Waals surface area contributed by atoms with Gasteiger partial charge in [0.15, 0.2) is 5.82 Å². The molecule has 5 nitrogen and oxygen atoms in total. The standard InChI is InChI=1S/C9H12N4OS/c1-6-11-9(14-13-6)10-4-3-8-5-15-7(2)12-8/h5H,3-4H2,1-2H3,(H,10,11,13). The van der Waals surface area contributed by atoms with Crippen LogP contribution in [0.25, 0.3) is 0 Å². The van der Waals surface area contributed by atoms with Crippen LogP contribution in [0, 0.1) is 13.8 Å². The zero-order valence-corrected chi connectivity index (χ0v) is 9.47. The van der Waals surface area contributed by atoms with Crippen LogP contribution in [0.3, 0.4) is 0 Å². The summed E-state index contributed by atoms with van der Waals surface area (Å²) in [5, 5.41) is 9.89. The minimum Gasteiger partial charge on any atom is -0.337 e. The molecule has 0 saturated carbocycles. The number of aryl methyl sites for hydroxylation is 2. The first kappa shape index (κ1) is 10.1. The van der Waals surface area contributed by atoms with Crippen molar-refractivity contribution in [3.05, 3.63) is 21.9 Å². The van der Waals surface area contributed by atoms with E-state index in [1.807, 2.05) is 6.92 Å². The Labute approximate surface area is 91.5 Å². The Hall–Kier alpha value is -1.43. The molecule has 0 aliphatic carbocycles. The largest absolute Gasteiger partial charge is 0.337 e.